The van der Waals surface area contributed by atoms with E-state index in [1.165, 1.54) is 0 Å². The van der Waals surface area contributed by atoms with Crippen molar-refractivity contribution in [1.82, 2.24) is 4.72 Å². The van der Waals surface area contributed by atoms with Crippen LogP contribution < -0.4 is 14.4 Å². The van der Waals surface area contributed by atoms with Gasteiger partial charge in [0, 0.05) is 19.6 Å². The van der Waals surface area contributed by atoms with Crippen molar-refractivity contribution >= 4 is 15.7 Å². The number of ether oxygens (including phenoxy) is 1. The Balaban J connectivity index is 1.92. The fraction of sp³-hybridized carbons (Fsp3) is 0.600. The van der Waals surface area contributed by atoms with Crippen molar-refractivity contribution in [3.05, 3.63) is 24.3 Å². The van der Waals surface area contributed by atoms with Gasteiger partial charge in [-0.2, -0.15) is 0 Å². The molecule has 0 aliphatic carbocycles. The average Bonchev–Trinajstić information content (AvgIpc) is 2.94. The Bertz CT molecular complexity index is 560. The van der Waals surface area contributed by atoms with Crippen LogP contribution in [0.1, 0.15) is 19.8 Å². The van der Waals surface area contributed by atoms with Crippen molar-refractivity contribution in [2.24, 2.45) is 5.92 Å². The average molecular weight is 312 g/mol. The zero-order chi connectivity index (χ0) is 15.3. The molecule has 1 fully saturated rings. The highest BCUT2D eigenvalue weighted by atomic mass is 32.2. The zero-order valence-electron chi connectivity index (χ0n) is 12.7. The quantitative estimate of drug-likeness (QED) is 0.835. The van der Waals surface area contributed by atoms with Crippen LogP contribution in [0.3, 0.4) is 0 Å². The number of benzene rings is 1. The van der Waals surface area contributed by atoms with Gasteiger partial charge in [0.05, 0.1) is 18.6 Å². The zero-order valence-corrected chi connectivity index (χ0v) is 13.5. The molecule has 5 nitrogen and oxygen atoms in total. The predicted molar refractivity (Wildman–Crippen MR) is 85.4 cm³/mol. The van der Waals surface area contributed by atoms with Crippen molar-refractivity contribution in [2.45, 2.75) is 19.8 Å². The van der Waals surface area contributed by atoms with E-state index in [-0.39, 0.29) is 5.75 Å². The number of hydrogen-bond donors (Lipinski definition) is 1. The first-order valence-corrected chi connectivity index (χ1v) is 9.06. The number of sulfonamides is 1. The fourth-order valence-corrected chi connectivity index (χ4v) is 3.87. The number of para-hydroxylation sites is 2. The highest BCUT2D eigenvalue weighted by molar-refractivity contribution is 7.89. The molecular weight excluding hydrogens is 288 g/mol. The van der Waals surface area contributed by atoms with Crippen molar-refractivity contribution in [3.8, 4) is 5.75 Å². The van der Waals surface area contributed by atoms with E-state index in [0.29, 0.717) is 18.9 Å². The number of rotatable bonds is 7. The molecule has 118 valence electrons. The maximum Gasteiger partial charge on any atom is 0.211 e. The van der Waals surface area contributed by atoms with Crippen LogP contribution in [0.2, 0.25) is 0 Å². The van der Waals surface area contributed by atoms with E-state index in [2.05, 4.69) is 9.62 Å². The van der Waals surface area contributed by atoms with Gasteiger partial charge in [-0.25, -0.2) is 13.1 Å². The Morgan fingerprint density at radius 3 is 2.86 bits per heavy atom. The van der Waals surface area contributed by atoms with Crippen LogP contribution in [-0.4, -0.2) is 40.9 Å². The largest absolute Gasteiger partial charge is 0.495 e. The summed E-state index contributed by atoms with van der Waals surface area (Å²) in [7, 11) is -1.44. The van der Waals surface area contributed by atoms with E-state index < -0.39 is 10.0 Å². The molecule has 1 aromatic carbocycles. The van der Waals surface area contributed by atoms with E-state index in [0.717, 1.165) is 30.9 Å². The molecular formula is C15H24N2O3S. The first-order chi connectivity index (χ1) is 10.1. The van der Waals surface area contributed by atoms with Gasteiger partial charge in [-0.3, -0.25) is 0 Å². The van der Waals surface area contributed by atoms with Crippen molar-refractivity contribution in [2.75, 3.05) is 37.4 Å². The molecule has 1 aliphatic rings. The van der Waals surface area contributed by atoms with Crippen LogP contribution in [0.4, 0.5) is 5.69 Å². The Morgan fingerprint density at radius 1 is 1.38 bits per heavy atom. The molecule has 0 unspecified atom stereocenters. The third-order valence-electron chi connectivity index (χ3n) is 3.78. The highest BCUT2D eigenvalue weighted by Gasteiger charge is 2.25. The minimum absolute atomic E-state index is 0.204. The second-order valence-corrected chi connectivity index (χ2v) is 7.37. The third-order valence-corrected chi connectivity index (χ3v) is 5.33. The highest BCUT2D eigenvalue weighted by Crippen LogP contribution is 2.31. The van der Waals surface area contributed by atoms with Gasteiger partial charge >= 0.3 is 0 Å². The lowest BCUT2D eigenvalue weighted by molar-refractivity contribution is 0.414. The molecule has 0 radical (unpaired) electrons. The van der Waals surface area contributed by atoms with Gasteiger partial charge in [-0.1, -0.05) is 19.1 Å². The van der Waals surface area contributed by atoms with Crippen LogP contribution >= 0.6 is 0 Å². The second-order valence-electron chi connectivity index (χ2n) is 5.44. The maximum atomic E-state index is 11.7. The van der Waals surface area contributed by atoms with E-state index >= 15 is 0 Å². The van der Waals surface area contributed by atoms with Crippen molar-refractivity contribution in [1.29, 1.82) is 0 Å². The molecule has 6 heteroatoms. The van der Waals surface area contributed by atoms with Crippen molar-refractivity contribution < 1.29 is 13.2 Å². The first kappa shape index (κ1) is 16.1. The van der Waals surface area contributed by atoms with Gasteiger partial charge in [-0.05, 0) is 30.9 Å². The monoisotopic (exact) mass is 312 g/mol. The summed E-state index contributed by atoms with van der Waals surface area (Å²) < 4.78 is 31.5. The summed E-state index contributed by atoms with van der Waals surface area (Å²) in [6.45, 7) is 4.18. The summed E-state index contributed by atoms with van der Waals surface area (Å²) in [5, 5.41) is 0. The molecule has 1 aliphatic heterocycles. The summed E-state index contributed by atoms with van der Waals surface area (Å²) >= 11 is 0. The number of methoxy groups -OCH3 is 1. The summed E-state index contributed by atoms with van der Waals surface area (Å²) in [6, 6.07) is 7.94. The lowest BCUT2D eigenvalue weighted by Crippen LogP contribution is -2.32. The van der Waals surface area contributed by atoms with Gasteiger partial charge in [0.1, 0.15) is 5.75 Å². The third kappa shape index (κ3) is 4.35. The number of nitrogens with one attached hydrogen (secondary N) is 1. The Hall–Kier alpha value is -1.27. The second kappa shape index (κ2) is 7.13. The maximum absolute atomic E-state index is 11.7. The number of nitrogens with zero attached hydrogens (tertiary/aromatic N) is 1. The topological polar surface area (TPSA) is 58.6 Å². The molecule has 21 heavy (non-hydrogen) atoms. The Labute approximate surface area is 127 Å². The molecule has 0 bridgehead atoms. The molecule has 0 saturated carbocycles. The van der Waals surface area contributed by atoms with E-state index in [9.17, 15) is 8.42 Å². The van der Waals surface area contributed by atoms with E-state index in [1.54, 1.807) is 7.11 Å². The van der Waals surface area contributed by atoms with Gasteiger partial charge in [-0.15, -0.1) is 0 Å². The Kier molecular flexibility index (Phi) is 5.47. The number of hydrogen-bond acceptors (Lipinski definition) is 4. The molecule has 2 rings (SSSR count). The summed E-state index contributed by atoms with van der Waals surface area (Å²) in [5.41, 5.74) is 1.08. The van der Waals surface area contributed by atoms with Crippen LogP contribution in [0.25, 0.3) is 0 Å². The fourth-order valence-electron chi connectivity index (χ4n) is 2.69. The molecule has 1 aromatic rings. The standard InChI is InChI=1S/C15H24N2O3S/c1-3-10-21(18,19)16-11-13-8-9-17(12-13)14-6-4-5-7-15(14)20-2/h4-7,13,16H,3,8-12H2,1-2H3/t13-/m0/s1. The lowest BCUT2D eigenvalue weighted by atomic mass is 10.1. The molecule has 1 N–H and O–H groups in total. The molecule has 1 heterocycles. The molecule has 1 atom stereocenters. The van der Waals surface area contributed by atoms with E-state index in [1.807, 2.05) is 31.2 Å². The van der Waals surface area contributed by atoms with Gasteiger partial charge < -0.3 is 9.64 Å². The summed E-state index contributed by atoms with van der Waals surface area (Å²) in [5.74, 6) is 1.42. The van der Waals surface area contributed by atoms with E-state index in [4.69, 9.17) is 4.74 Å². The number of anilines is 1. The minimum Gasteiger partial charge on any atom is -0.495 e. The molecule has 0 aromatic heterocycles. The van der Waals surface area contributed by atoms with Crippen LogP contribution in [0.15, 0.2) is 24.3 Å². The van der Waals surface area contributed by atoms with Gasteiger partial charge in [0.25, 0.3) is 0 Å². The summed E-state index contributed by atoms with van der Waals surface area (Å²) in [4.78, 5) is 2.26. The van der Waals surface area contributed by atoms with Gasteiger partial charge in [0.2, 0.25) is 10.0 Å². The Morgan fingerprint density at radius 2 is 2.14 bits per heavy atom. The molecule has 0 spiro atoms. The lowest BCUT2D eigenvalue weighted by Gasteiger charge is -2.21. The predicted octanol–water partition coefficient (Wildman–Crippen LogP) is 1.85. The molecule has 0 amide bonds. The minimum atomic E-state index is -3.11. The van der Waals surface area contributed by atoms with Crippen LogP contribution in [-0.2, 0) is 10.0 Å². The van der Waals surface area contributed by atoms with Crippen LogP contribution in [0.5, 0.6) is 5.75 Å². The normalized spacial score (nSPS) is 19.0. The smallest absolute Gasteiger partial charge is 0.211 e. The van der Waals surface area contributed by atoms with Crippen molar-refractivity contribution in [3.63, 3.8) is 0 Å². The molecule has 1 saturated heterocycles. The first-order valence-electron chi connectivity index (χ1n) is 7.41. The SMILES string of the molecule is CCCS(=O)(=O)NC[C@@H]1CCN(c2ccccc2OC)C1. The summed E-state index contributed by atoms with van der Waals surface area (Å²) in [6.07, 6.45) is 1.64. The van der Waals surface area contributed by atoms with Crippen LogP contribution in [0, 0.1) is 5.92 Å². The van der Waals surface area contributed by atoms with Gasteiger partial charge in [0.15, 0.2) is 0 Å².